The minimum Gasteiger partial charge on any atom is -0.481 e. The lowest BCUT2D eigenvalue weighted by Gasteiger charge is -2.24. The minimum absolute atomic E-state index is 0.0390. The Kier molecular flexibility index (Phi) is 7.29. The molecule has 0 aliphatic carbocycles. The van der Waals surface area contributed by atoms with Crippen molar-refractivity contribution < 1.29 is 14.7 Å². The van der Waals surface area contributed by atoms with Crippen molar-refractivity contribution in [2.24, 2.45) is 5.92 Å². The Morgan fingerprint density at radius 3 is 2.48 bits per heavy atom. The molecule has 0 saturated carbocycles. The van der Waals surface area contributed by atoms with E-state index in [1.54, 1.807) is 0 Å². The van der Waals surface area contributed by atoms with Gasteiger partial charge in [0.1, 0.15) is 0 Å². The quantitative estimate of drug-likeness (QED) is 0.731. The number of carbonyl (C=O) groups is 2. The van der Waals surface area contributed by atoms with Crippen LogP contribution in [0, 0.1) is 5.92 Å². The van der Waals surface area contributed by atoms with Gasteiger partial charge in [-0.05, 0) is 24.5 Å². The number of aliphatic carboxylic acids is 1. The highest BCUT2D eigenvalue weighted by Gasteiger charge is 2.12. The van der Waals surface area contributed by atoms with Gasteiger partial charge in [-0.25, -0.2) is 0 Å². The van der Waals surface area contributed by atoms with Crippen LogP contribution in [0.4, 0.5) is 5.69 Å². The number of rotatable bonds is 9. The van der Waals surface area contributed by atoms with Crippen molar-refractivity contribution in [3.05, 3.63) is 30.3 Å². The summed E-state index contributed by atoms with van der Waals surface area (Å²) in [6.07, 6.45) is 0.624. The van der Waals surface area contributed by atoms with Crippen molar-refractivity contribution in [2.75, 3.05) is 24.5 Å². The summed E-state index contributed by atoms with van der Waals surface area (Å²) in [7, 11) is 0. The van der Waals surface area contributed by atoms with E-state index in [0.717, 1.165) is 5.69 Å². The second kappa shape index (κ2) is 9.00. The van der Waals surface area contributed by atoms with Crippen LogP contribution in [0.3, 0.4) is 0 Å². The third kappa shape index (κ3) is 7.34. The van der Waals surface area contributed by atoms with Crippen LogP contribution < -0.4 is 10.2 Å². The summed E-state index contributed by atoms with van der Waals surface area (Å²) in [5, 5.41) is 11.6. The molecule has 0 spiro atoms. The topological polar surface area (TPSA) is 69.6 Å². The molecular formula is C16H24N2O3. The lowest BCUT2D eigenvalue weighted by atomic mass is 10.2. The molecule has 1 aromatic carbocycles. The van der Waals surface area contributed by atoms with Gasteiger partial charge in [0.2, 0.25) is 5.91 Å². The highest BCUT2D eigenvalue weighted by Crippen LogP contribution is 2.13. The molecule has 0 fully saturated rings. The largest absolute Gasteiger partial charge is 0.481 e. The molecule has 0 aliphatic rings. The van der Waals surface area contributed by atoms with Crippen molar-refractivity contribution in [3.8, 4) is 0 Å². The van der Waals surface area contributed by atoms with Crippen LogP contribution in [-0.2, 0) is 9.59 Å². The lowest BCUT2D eigenvalue weighted by Crippen LogP contribution is -2.39. The monoisotopic (exact) mass is 292 g/mol. The zero-order valence-electron chi connectivity index (χ0n) is 12.7. The fourth-order valence-electron chi connectivity index (χ4n) is 1.91. The van der Waals surface area contributed by atoms with Crippen LogP contribution in [-0.4, -0.2) is 36.6 Å². The Balaban J connectivity index is 2.59. The van der Waals surface area contributed by atoms with E-state index in [1.807, 2.05) is 49.1 Å². The number of hydrogen-bond donors (Lipinski definition) is 2. The average molecular weight is 292 g/mol. The van der Waals surface area contributed by atoms with Crippen LogP contribution >= 0.6 is 0 Å². The molecule has 0 aliphatic heterocycles. The zero-order valence-corrected chi connectivity index (χ0v) is 12.7. The number of nitrogens with one attached hydrogen (secondary N) is 1. The van der Waals surface area contributed by atoms with Crippen molar-refractivity contribution >= 4 is 17.6 Å². The Hall–Kier alpha value is -2.04. The molecule has 0 unspecified atom stereocenters. The van der Waals surface area contributed by atoms with Gasteiger partial charge in [0, 0.05) is 25.2 Å². The zero-order chi connectivity index (χ0) is 15.7. The molecule has 0 bridgehead atoms. The van der Waals surface area contributed by atoms with E-state index in [-0.39, 0.29) is 18.9 Å². The molecule has 0 saturated heterocycles. The normalized spacial score (nSPS) is 10.4. The number of nitrogens with zero attached hydrogens (tertiary/aromatic N) is 1. The van der Waals surface area contributed by atoms with Gasteiger partial charge in [-0.1, -0.05) is 32.0 Å². The third-order valence-corrected chi connectivity index (χ3v) is 2.98. The number of carboxylic acids is 1. The van der Waals surface area contributed by atoms with Gasteiger partial charge in [0.05, 0.1) is 6.54 Å². The average Bonchev–Trinajstić information content (AvgIpc) is 2.44. The van der Waals surface area contributed by atoms with Gasteiger partial charge in [-0.3, -0.25) is 9.59 Å². The molecular weight excluding hydrogens is 268 g/mol. The Morgan fingerprint density at radius 1 is 1.24 bits per heavy atom. The van der Waals surface area contributed by atoms with Crippen molar-refractivity contribution in [3.63, 3.8) is 0 Å². The number of carbonyl (C=O) groups excluding carboxylic acids is 1. The number of benzene rings is 1. The summed E-state index contributed by atoms with van der Waals surface area (Å²) in [6.45, 7) is 5.53. The van der Waals surface area contributed by atoms with Gasteiger partial charge in [-0.15, -0.1) is 0 Å². The first-order valence-electron chi connectivity index (χ1n) is 7.27. The molecule has 2 N–H and O–H groups in total. The molecule has 0 heterocycles. The maximum absolute atomic E-state index is 12.0. The predicted octanol–water partition coefficient (Wildman–Crippen LogP) is 2.13. The summed E-state index contributed by atoms with van der Waals surface area (Å²) < 4.78 is 0. The summed E-state index contributed by atoms with van der Waals surface area (Å²) in [6, 6.07) is 9.59. The van der Waals surface area contributed by atoms with E-state index in [2.05, 4.69) is 5.32 Å². The van der Waals surface area contributed by atoms with Crippen LogP contribution in [0.25, 0.3) is 0 Å². The molecule has 1 aromatic rings. The molecule has 0 radical (unpaired) electrons. The molecule has 5 nitrogen and oxygen atoms in total. The fraction of sp³-hybridized carbons (Fsp3) is 0.500. The molecule has 116 valence electrons. The summed E-state index contributed by atoms with van der Waals surface area (Å²) >= 11 is 0. The minimum atomic E-state index is -0.813. The molecule has 5 heteroatoms. The van der Waals surface area contributed by atoms with E-state index >= 15 is 0 Å². The molecule has 0 aromatic heterocycles. The number of amides is 1. The van der Waals surface area contributed by atoms with Crippen LogP contribution in [0.5, 0.6) is 0 Å². The first-order chi connectivity index (χ1) is 9.99. The Bertz CT molecular complexity index is 446. The number of para-hydroxylation sites is 1. The van der Waals surface area contributed by atoms with Gasteiger partial charge < -0.3 is 15.3 Å². The van der Waals surface area contributed by atoms with Crippen LogP contribution in [0.2, 0.25) is 0 Å². The van der Waals surface area contributed by atoms with E-state index in [1.165, 1.54) is 0 Å². The molecule has 1 rings (SSSR count). The SMILES string of the molecule is CC(C)CNC(=O)CN(CCCC(=O)O)c1ccccc1. The predicted molar refractivity (Wildman–Crippen MR) is 83.4 cm³/mol. The summed E-state index contributed by atoms with van der Waals surface area (Å²) in [5.74, 6) is -0.443. The third-order valence-electron chi connectivity index (χ3n) is 2.98. The number of anilines is 1. The van der Waals surface area contributed by atoms with E-state index in [4.69, 9.17) is 5.11 Å². The second-order valence-corrected chi connectivity index (χ2v) is 5.45. The smallest absolute Gasteiger partial charge is 0.303 e. The highest BCUT2D eigenvalue weighted by molar-refractivity contribution is 5.81. The fourth-order valence-corrected chi connectivity index (χ4v) is 1.91. The van der Waals surface area contributed by atoms with Crippen molar-refractivity contribution in [1.82, 2.24) is 5.32 Å². The van der Waals surface area contributed by atoms with Crippen molar-refractivity contribution in [2.45, 2.75) is 26.7 Å². The summed E-state index contributed by atoms with van der Waals surface area (Å²) in [5.41, 5.74) is 0.933. The van der Waals surface area contributed by atoms with Gasteiger partial charge in [-0.2, -0.15) is 0 Å². The standard InChI is InChI=1S/C16H24N2O3/c1-13(2)11-17-15(19)12-18(10-6-9-16(20)21)14-7-4-3-5-8-14/h3-5,7-8,13H,6,9-12H2,1-2H3,(H,17,19)(H,20,21). The van der Waals surface area contributed by atoms with E-state index in [9.17, 15) is 9.59 Å². The maximum atomic E-state index is 12.0. The first-order valence-corrected chi connectivity index (χ1v) is 7.27. The first kappa shape index (κ1) is 17.0. The maximum Gasteiger partial charge on any atom is 0.303 e. The molecule has 21 heavy (non-hydrogen) atoms. The van der Waals surface area contributed by atoms with Gasteiger partial charge in [0.25, 0.3) is 0 Å². The Labute approximate surface area is 126 Å². The molecule has 0 atom stereocenters. The van der Waals surface area contributed by atoms with Gasteiger partial charge in [0.15, 0.2) is 0 Å². The lowest BCUT2D eigenvalue weighted by molar-refractivity contribution is -0.137. The van der Waals surface area contributed by atoms with E-state index < -0.39 is 5.97 Å². The van der Waals surface area contributed by atoms with Crippen LogP contribution in [0.1, 0.15) is 26.7 Å². The molecule has 1 amide bonds. The number of carboxylic acid groups (broad SMARTS) is 1. The Morgan fingerprint density at radius 2 is 1.90 bits per heavy atom. The number of hydrogen-bond acceptors (Lipinski definition) is 3. The second-order valence-electron chi connectivity index (χ2n) is 5.45. The van der Waals surface area contributed by atoms with Crippen molar-refractivity contribution in [1.29, 1.82) is 0 Å². The van der Waals surface area contributed by atoms with Crippen LogP contribution in [0.15, 0.2) is 30.3 Å². The van der Waals surface area contributed by atoms with Gasteiger partial charge >= 0.3 is 5.97 Å². The summed E-state index contributed by atoms with van der Waals surface area (Å²) in [4.78, 5) is 24.5. The van der Waals surface area contributed by atoms with E-state index in [0.29, 0.717) is 25.4 Å². The highest BCUT2D eigenvalue weighted by atomic mass is 16.4.